The summed E-state index contributed by atoms with van der Waals surface area (Å²) in [6.07, 6.45) is 0. The van der Waals surface area contributed by atoms with Gasteiger partial charge in [0, 0.05) is 0 Å². The normalized spacial score (nSPS) is 10.7. The van der Waals surface area contributed by atoms with E-state index in [1.165, 1.54) is 11.3 Å². The Kier molecular flexibility index (Phi) is 3.54. The molecule has 7 heteroatoms. The van der Waals surface area contributed by atoms with Gasteiger partial charge in [0.25, 0.3) is 0 Å². The summed E-state index contributed by atoms with van der Waals surface area (Å²) >= 11 is 18.4. The predicted molar refractivity (Wildman–Crippen MR) is 69.0 cm³/mol. The Morgan fingerprint density at radius 2 is 2.06 bits per heavy atom. The monoisotopic (exact) mass is 294 g/mol. The van der Waals surface area contributed by atoms with Crippen molar-refractivity contribution >= 4 is 67.4 Å². The number of nitrogens with one attached hydrogen (secondary N) is 1. The number of amides is 1. The Morgan fingerprint density at radius 3 is 2.75 bits per heavy atom. The van der Waals surface area contributed by atoms with E-state index in [-0.39, 0.29) is 11.8 Å². The van der Waals surface area contributed by atoms with Crippen LogP contribution in [0, 0.1) is 0 Å². The van der Waals surface area contributed by atoms with E-state index in [1.54, 1.807) is 12.1 Å². The smallest absolute Gasteiger partial charge is 0.241 e. The van der Waals surface area contributed by atoms with Gasteiger partial charge in [-0.15, -0.1) is 11.6 Å². The van der Waals surface area contributed by atoms with E-state index >= 15 is 0 Å². The summed E-state index contributed by atoms with van der Waals surface area (Å²) < 4.78 is 0.860. The predicted octanol–water partition coefficient (Wildman–Crippen LogP) is 3.78. The number of halogens is 3. The van der Waals surface area contributed by atoms with Crippen LogP contribution in [-0.4, -0.2) is 16.8 Å². The minimum Gasteiger partial charge on any atom is -0.301 e. The highest BCUT2D eigenvalue weighted by atomic mass is 35.5. The first-order valence-electron chi connectivity index (χ1n) is 4.21. The van der Waals surface area contributed by atoms with Crippen molar-refractivity contribution in [2.24, 2.45) is 0 Å². The Bertz CT molecular complexity index is 516. The molecule has 0 saturated heterocycles. The van der Waals surface area contributed by atoms with Gasteiger partial charge in [-0.25, -0.2) is 4.98 Å². The molecule has 3 nitrogen and oxygen atoms in total. The van der Waals surface area contributed by atoms with Crippen LogP contribution in [0.15, 0.2) is 12.1 Å². The fourth-order valence-corrected chi connectivity index (χ4v) is 2.49. The second kappa shape index (κ2) is 4.75. The molecule has 1 aromatic carbocycles. The number of thiazole rings is 1. The second-order valence-electron chi connectivity index (χ2n) is 2.93. The van der Waals surface area contributed by atoms with Crippen molar-refractivity contribution in [3.05, 3.63) is 22.2 Å². The molecule has 0 fully saturated rings. The summed E-state index contributed by atoms with van der Waals surface area (Å²) in [5, 5.41) is 3.96. The highest BCUT2D eigenvalue weighted by molar-refractivity contribution is 7.22. The highest BCUT2D eigenvalue weighted by Crippen LogP contribution is 2.32. The lowest BCUT2D eigenvalue weighted by Crippen LogP contribution is -2.11. The van der Waals surface area contributed by atoms with Crippen molar-refractivity contribution in [3.8, 4) is 0 Å². The number of anilines is 1. The Labute approximate surface area is 110 Å². The van der Waals surface area contributed by atoms with Gasteiger partial charge in [0.15, 0.2) is 5.13 Å². The zero-order valence-corrected chi connectivity index (χ0v) is 10.8. The van der Waals surface area contributed by atoms with Gasteiger partial charge in [-0.1, -0.05) is 34.5 Å². The van der Waals surface area contributed by atoms with Gasteiger partial charge >= 0.3 is 0 Å². The van der Waals surface area contributed by atoms with Gasteiger partial charge in [0.2, 0.25) is 5.91 Å². The van der Waals surface area contributed by atoms with Gasteiger partial charge in [0.05, 0.1) is 20.3 Å². The summed E-state index contributed by atoms with van der Waals surface area (Å²) in [4.78, 5) is 15.3. The number of hydrogen-bond donors (Lipinski definition) is 1. The highest BCUT2D eigenvalue weighted by Gasteiger charge is 2.09. The molecule has 1 N–H and O–H groups in total. The summed E-state index contributed by atoms with van der Waals surface area (Å²) in [7, 11) is 0. The number of carbonyl (C=O) groups is 1. The van der Waals surface area contributed by atoms with E-state index in [9.17, 15) is 4.79 Å². The standard InChI is InChI=1S/C9H5Cl3N2OS/c10-3-8(15)14-9-13-6-1-4(11)5(12)2-7(6)16-9/h1-2H,3H2,(H,13,14,15). The van der Waals surface area contributed by atoms with Crippen molar-refractivity contribution < 1.29 is 4.79 Å². The maximum absolute atomic E-state index is 11.1. The number of fused-ring (bicyclic) bond motifs is 1. The molecule has 2 rings (SSSR count). The SMILES string of the molecule is O=C(CCl)Nc1nc2cc(Cl)c(Cl)cc2s1. The van der Waals surface area contributed by atoms with Crippen molar-refractivity contribution in [1.29, 1.82) is 0 Å². The average Bonchev–Trinajstić information content (AvgIpc) is 2.60. The number of aromatic nitrogens is 1. The second-order valence-corrected chi connectivity index (χ2v) is 5.05. The lowest BCUT2D eigenvalue weighted by molar-refractivity contribution is -0.113. The number of benzene rings is 1. The largest absolute Gasteiger partial charge is 0.301 e. The number of alkyl halides is 1. The van der Waals surface area contributed by atoms with Gasteiger partial charge < -0.3 is 5.32 Å². The molecule has 1 amide bonds. The molecule has 0 saturated carbocycles. The molecule has 0 bridgehead atoms. The van der Waals surface area contributed by atoms with E-state index in [2.05, 4.69) is 10.3 Å². The van der Waals surface area contributed by atoms with Crippen LogP contribution in [0.5, 0.6) is 0 Å². The molecule has 0 aliphatic heterocycles. The number of hydrogen-bond acceptors (Lipinski definition) is 3. The molecule has 16 heavy (non-hydrogen) atoms. The number of carbonyl (C=O) groups excluding carboxylic acids is 1. The molecule has 1 heterocycles. The summed E-state index contributed by atoms with van der Waals surface area (Å²) in [6.45, 7) is 0. The van der Waals surface area contributed by atoms with Crippen LogP contribution in [0.2, 0.25) is 10.0 Å². The van der Waals surface area contributed by atoms with Crippen LogP contribution in [0.4, 0.5) is 5.13 Å². The zero-order valence-electron chi connectivity index (χ0n) is 7.76. The van der Waals surface area contributed by atoms with E-state index in [4.69, 9.17) is 34.8 Å². The first kappa shape index (κ1) is 11.9. The third-order valence-corrected chi connectivity index (χ3v) is 3.70. The van der Waals surface area contributed by atoms with Crippen molar-refractivity contribution in [1.82, 2.24) is 4.98 Å². The zero-order chi connectivity index (χ0) is 11.7. The molecule has 0 atom stereocenters. The van der Waals surface area contributed by atoms with E-state index < -0.39 is 0 Å². The lowest BCUT2D eigenvalue weighted by atomic mass is 10.3. The minimum atomic E-state index is -0.294. The lowest BCUT2D eigenvalue weighted by Gasteiger charge is -1.94. The number of nitrogens with zero attached hydrogens (tertiary/aromatic N) is 1. The average molecular weight is 296 g/mol. The topological polar surface area (TPSA) is 42.0 Å². The molecule has 0 unspecified atom stereocenters. The Balaban J connectivity index is 2.40. The first-order valence-corrected chi connectivity index (χ1v) is 6.32. The van der Waals surface area contributed by atoms with Crippen molar-refractivity contribution in [3.63, 3.8) is 0 Å². The maximum atomic E-state index is 11.1. The third-order valence-electron chi connectivity index (χ3n) is 1.80. The van der Waals surface area contributed by atoms with E-state index in [0.29, 0.717) is 20.7 Å². The first-order chi connectivity index (χ1) is 7.60. The van der Waals surface area contributed by atoms with Crippen LogP contribution in [-0.2, 0) is 4.79 Å². The molecule has 0 spiro atoms. The molecular formula is C9H5Cl3N2OS. The van der Waals surface area contributed by atoms with E-state index in [1.807, 2.05) is 0 Å². The Morgan fingerprint density at radius 1 is 1.38 bits per heavy atom. The fourth-order valence-electron chi connectivity index (χ4n) is 1.13. The van der Waals surface area contributed by atoms with Gasteiger partial charge in [-0.2, -0.15) is 0 Å². The third kappa shape index (κ3) is 2.40. The molecule has 0 aliphatic carbocycles. The van der Waals surface area contributed by atoms with Crippen LogP contribution >= 0.6 is 46.1 Å². The summed E-state index contributed by atoms with van der Waals surface area (Å²) in [5.41, 5.74) is 0.698. The van der Waals surface area contributed by atoms with Crippen molar-refractivity contribution in [2.45, 2.75) is 0 Å². The quantitative estimate of drug-likeness (QED) is 0.857. The maximum Gasteiger partial charge on any atom is 0.241 e. The summed E-state index contributed by atoms with van der Waals surface area (Å²) in [6, 6.07) is 3.37. The molecule has 0 aliphatic rings. The van der Waals surface area contributed by atoms with Crippen LogP contribution in [0.1, 0.15) is 0 Å². The van der Waals surface area contributed by atoms with Crippen LogP contribution in [0.3, 0.4) is 0 Å². The number of rotatable bonds is 2. The summed E-state index contributed by atoms with van der Waals surface area (Å²) in [5.74, 6) is -0.393. The molecular weight excluding hydrogens is 291 g/mol. The van der Waals surface area contributed by atoms with Gasteiger partial charge in [0.1, 0.15) is 5.88 Å². The molecule has 2 aromatic rings. The van der Waals surface area contributed by atoms with E-state index in [0.717, 1.165) is 4.70 Å². The molecule has 84 valence electrons. The van der Waals surface area contributed by atoms with Crippen LogP contribution < -0.4 is 5.32 Å². The van der Waals surface area contributed by atoms with Gasteiger partial charge in [-0.3, -0.25) is 4.79 Å². The fraction of sp³-hybridized carbons (Fsp3) is 0.111. The van der Waals surface area contributed by atoms with Crippen molar-refractivity contribution in [2.75, 3.05) is 11.2 Å². The van der Waals surface area contributed by atoms with Crippen LogP contribution in [0.25, 0.3) is 10.2 Å². The minimum absolute atomic E-state index is 0.0998. The van der Waals surface area contributed by atoms with Gasteiger partial charge in [-0.05, 0) is 12.1 Å². The molecule has 1 aromatic heterocycles. The molecule has 0 radical (unpaired) electrons. The Hall–Kier alpha value is -0.550.